The summed E-state index contributed by atoms with van der Waals surface area (Å²) in [6.07, 6.45) is 2.04. The predicted octanol–water partition coefficient (Wildman–Crippen LogP) is 4.98. The molecule has 0 radical (unpaired) electrons. The fraction of sp³-hybridized carbons (Fsp3) is 0.0455. The summed E-state index contributed by atoms with van der Waals surface area (Å²) in [6.45, 7) is 0.704. The van der Waals surface area contributed by atoms with Crippen molar-refractivity contribution in [2.75, 3.05) is 0 Å². The van der Waals surface area contributed by atoms with Gasteiger partial charge in [-0.05, 0) is 23.6 Å². The zero-order valence-electron chi connectivity index (χ0n) is 13.2. The standard InChI is InChI=1S/C22H17FN/c23-21-13-7-6-12-20(21)22-19-11-5-4-10-18(19)14-15-24(22)16-17-8-2-1-3-9-17/h1-15H,16H2/q+1. The molecule has 0 aliphatic heterocycles. The molecule has 0 saturated heterocycles. The van der Waals surface area contributed by atoms with Crippen LogP contribution in [0.5, 0.6) is 0 Å². The van der Waals surface area contributed by atoms with E-state index in [4.69, 9.17) is 0 Å². The Kier molecular flexibility index (Phi) is 3.80. The SMILES string of the molecule is Fc1ccccc1-c1c2ccccc2cc[n+]1Cc1ccccc1. The van der Waals surface area contributed by atoms with Crippen molar-refractivity contribution in [1.82, 2.24) is 0 Å². The first-order valence-corrected chi connectivity index (χ1v) is 8.03. The Hall–Kier alpha value is -3.00. The summed E-state index contributed by atoms with van der Waals surface area (Å²) in [4.78, 5) is 0. The highest BCUT2D eigenvalue weighted by Crippen LogP contribution is 2.27. The van der Waals surface area contributed by atoms with Crippen LogP contribution in [0.1, 0.15) is 5.56 Å². The lowest BCUT2D eigenvalue weighted by Gasteiger charge is -2.09. The summed E-state index contributed by atoms with van der Waals surface area (Å²) in [7, 11) is 0. The van der Waals surface area contributed by atoms with Crippen molar-refractivity contribution in [3.8, 4) is 11.3 Å². The van der Waals surface area contributed by atoms with E-state index in [1.807, 2.05) is 48.7 Å². The van der Waals surface area contributed by atoms with E-state index in [1.165, 1.54) is 11.6 Å². The average Bonchev–Trinajstić information content (AvgIpc) is 2.63. The number of benzene rings is 3. The lowest BCUT2D eigenvalue weighted by atomic mass is 10.0. The smallest absolute Gasteiger partial charge is 0.206 e. The Morgan fingerprint density at radius 1 is 0.708 bits per heavy atom. The second-order valence-corrected chi connectivity index (χ2v) is 5.84. The molecule has 2 heteroatoms. The molecule has 4 rings (SSSR count). The minimum Gasteiger partial charge on any atom is -0.206 e. The highest BCUT2D eigenvalue weighted by Gasteiger charge is 2.20. The zero-order valence-corrected chi connectivity index (χ0v) is 13.2. The van der Waals surface area contributed by atoms with Gasteiger partial charge in [-0.15, -0.1) is 0 Å². The topological polar surface area (TPSA) is 3.88 Å². The largest absolute Gasteiger partial charge is 0.223 e. The van der Waals surface area contributed by atoms with Gasteiger partial charge in [0.1, 0.15) is 5.82 Å². The summed E-state index contributed by atoms with van der Waals surface area (Å²) in [5.74, 6) is -0.198. The van der Waals surface area contributed by atoms with Crippen LogP contribution in [0.3, 0.4) is 0 Å². The first kappa shape index (κ1) is 14.6. The van der Waals surface area contributed by atoms with Crippen LogP contribution in [0, 0.1) is 5.82 Å². The Morgan fingerprint density at radius 2 is 1.42 bits per heavy atom. The summed E-state index contributed by atoms with van der Waals surface area (Å²) in [6, 6.07) is 27.4. The van der Waals surface area contributed by atoms with Crippen molar-refractivity contribution in [3.05, 3.63) is 103 Å². The van der Waals surface area contributed by atoms with E-state index in [0.29, 0.717) is 12.1 Å². The van der Waals surface area contributed by atoms with E-state index < -0.39 is 0 Å². The molecule has 0 amide bonds. The van der Waals surface area contributed by atoms with Crippen molar-refractivity contribution in [2.24, 2.45) is 0 Å². The maximum atomic E-state index is 14.5. The minimum absolute atomic E-state index is 0.198. The molecule has 3 aromatic carbocycles. The number of pyridine rings is 1. The molecule has 0 atom stereocenters. The normalized spacial score (nSPS) is 10.9. The molecular weight excluding hydrogens is 297 g/mol. The van der Waals surface area contributed by atoms with Gasteiger partial charge in [0.15, 0.2) is 12.7 Å². The third-order valence-corrected chi connectivity index (χ3v) is 4.26. The second-order valence-electron chi connectivity index (χ2n) is 5.84. The quantitative estimate of drug-likeness (QED) is 0.469. The van der Waals surface area contributed by atoms with Crippen LogP contribution in [0.4, 0.5) is 4.39 Å². The van der Waals surface area contributed by atoms with Crippen molar-refractivity contribution in [1.29, 1.82) is 0 Å². The molecule has 1 aromatic heterocycles. The van der Waals surface area contributed by atoms with E-state index in [9.17, 15) is 4.39 Å². The minimum atomic E-state index is -0.198. The van der Waals surface area contributed by atoms with Gasteiger partial charge in [0.2, 0.25) is 5.69 Å². The van der Waals surface area contributed by atoms with Gasteiger partial charge in [-0.1, -0.05) is 60.7 Å². The molecule has 0 fully saturated rings. The fourth-order valence-electron chi connectivity index (χ4n) is 3.12. The van der Waals surface area contributed by atoms with E-state index >= 15 is 0 Å². The van der Waals surface area contributed by atoms with Crippen molar-refractivity contribution >= 4 is 10.8 Å². The van der Waals surface area contributed by atoms with Crippen LogP contribution in [-0.2, 0) is 6.54 Å². The number of nitrogens with zero attached hydrogens (tertiary/aromatic N) is 1. The Labute approximate surface area is 140 Å². The molecule has 0 spiro atoms. The highest BCUT2D eigenvalue weighted by molar-refractivity contribution is 5.92. The van der Waals surface area contributed by atoms with Gasteiger partial charge in [-0.3, -0.25) is 0 Å². The van der Waals surface area contributed by atoms with E-state index in [1.54, 1.807) is 6.07 Å². The maximum absolute atomic E-state index is 14.5. The molecular formula is C22H17FN+. The van der Waals surface area contributed by atoms with Crippen LogP contribution < -0.4 is 4.57 Å². The van der Waals surface area contributed by atoms with Gasteiger partial charge in [-0.2, -0.15) is 4.57 Å². The second kappa shape index (κ2) is 6.25. The van der Waals surface area contributed by atoms with Crippen molar-refractivity contribution < 1.29 is 8.96 Å². The number of fused-ring (bicyclic) bond motifs is 1. The van der Waals surface area contributed by atoms with Crippen LogP contribution in [-0.4, -0.2) is 0 Å². The average molecular weight is 314 g/mol. The molecule has 116 valence electrons. The lowest BCUT2D eigenvalue weighted by Crippen LogP contribution is -2.36. The third-order valence-electron chi connectivity index (χ3n) is 4.26. The summed E-state index contributed by atoms with van der Waals surface area (Å²) < 4.78 is 16.6. The monoisotopic (exact) mass is 314 g/mol. The Bertz CT molecular complexity index is 993. The molecule has 0 N–H and O–H groups in total. The van der Waals surface area contributed by atoms with Gasteiger partial charge in [0, 0.05) is 11.6 Å². The summed E-state index contributed by atoms with van der Waals surface area (Å²) >= 11 is 0. The zero-order chi connectivity index (χ0) is 16.4. The van der Waals surface area contributed by atoms with E-state index in [0.717, 1.165) is 16.5 Å². The Balaban J connectivity index is 1.97. The molecule has 4 aromatic rings. The molecule has 0 saturated carbocycles. The molecule has 0 unspecified atom stereocenters. The molecule has 24 heavy (non-hydrogen) atoms. The van der Waals surface area contributed by atoms with Gasteiger partial charge in [0.05, 0.1) is 10.9 Å². The van der Waals surface area contributed by atoms with Crippen LogP contribution >= 0.6 is 0 Å². The van der Waals surface area contributed by atoms with Crippen LogP contribution in [0.25, 0.3) is 22.0 Å². The predicted molar refractivity (Wildman–Crippen MR) is 95.1 cm³/mol. The molecule has 1 heterocycles. The Morgan fingerprint density at radius 3 is 2.25 bits per heavy atom. The summed E-state index contributed by atoms with van der Waals surface area (Å²) in [5.41, 5.74) is 2.73. The van der Waals surface area contributed by atoms with Gasteiger partial charge in [0.25, 0.3) is 0 Å². The van der Waals surface area contributed by atoms with Crippen molar-refractivity contribution in [2.45, 2.75) is 6.54 Å². The van der Waals surface area contributed by atoms with E-state index in [2.05, 4.69) is 34.9 Å². The molecule has 1 nitrogen and oxygen atoms in total. The van der Waals surface area contributed by atoms with E-state index in [-0.39, 0.29) is 5.82 Å². The maximum Gasteiger partial charge on any atom is 0.223 e. The summed E-state index contributed by atoms with van der Waals surface area (Å²) in [5, 5.41) is 2.17. The number of aromatic nitrogens is 1. The van der Waals surface area contributed by atoms with Gasteiger partial charge >= 0.3 is 0 Å². The number of hydrogen-bond acceptors (Lipinski definition) is 0. The van der Waals surface area contributed by atoms with Crippen molar-refractivity contribution in [3.63, 3.8) is 0 Å². The molecule has 0 bridgehead atoms. The first-order valence-electron chi connectivity index (χ1n) is 8.03. The number of hydrogen-bond donors (Lipinski definition) is 0. The fourth-order valence-corrected chi connectivity index (χ4v) is 3.12. The lowest BCUT2D eigenvalue weighted by molar-refractivity contribution is -0.676. The third kappa shape index (κ3) is 2.67. The van der Waals surface area contributed by atoms with Crippen LogP contribution in [0.15, 0.2) is 91.1 Å². The highest BCUT2D eigenvalue weighted by atomic mass is 19.1. The molecule has 0 aliphatic rings. The van der Waals surface area contributed by atoms with Gasteiger partial charge in [-0.25, -0.2) is 4.39 Å². The van der Waals surface area contributed by atoms with Crippen LogP contribution in [0.2, 0.25) is 0 Å². The first-order chi connectivity index (χ1) is 11.8. The number of rotatable bonds is 3. The molecule has 0 aliphatic carbocycles. The van der Waals surface area contributed by atoms with Gasteiger partial charge < -0.3 is 0 Å². The number of halogens is 1.